The molecule has 0 aliphatic heterocycles. The second-order valence-electron chi connectivity index (χ2n) is 6.24. The number of carboxylic acids is 1. The number of allylic oxidation sites excluding steroid dienone is 1. The molecule has 6 heteroatoms. The lowest BCUT2D eigenvalue weighted by atomic mass is 10.1. The van der Waals surface area contributed by atoms with Gasteiger partial charge in [-0.05, 0) is 107 Å². The number of hydrogen-bond acceptors (Lipinski definition) is 3. The summed E-state index contributed by atoms with van der Waals surface area (Å²) in [5.41, 5.74) is 2.83. The first-order valence-corrected chi connectivity index (χ1v) is 11.2. The van der Waals surface area contributed by atoms with Crippen LogP contribution in [0.4, 0.5) is 0 Å². The molecule has 0 radical (unpaired) electrons. The van der Waals surface area contributed by atoms with E-state index >= 15 is 0 Å². The fourth-order valence-corrected chi connectivity index (χ4v) is 4.40. The smallest absolute Gasteiger partial charge is 0.333 e. The Morgan fingerprint density at radius 1 is 1.17 bits per heavy atom. The Balaban J connectivity index is 1.89. The van der Waals surface area contributed by atoms with Crippen molar-refractivity contribution in [2.75, 3.05) is 13.2 Å². The zero-order valence-electron chi connectivity index (χ0n) is 16.2. The van der Waals surface area contributed by atoms with Crippen LogP contribution in [0.5, 0.6) is 5.75 Å². The lowest BCUT2D eigenvalue weighted by Crippen LogP contribution is -2.26. The van der Waals surface area contributed by atoms with Crippen molar-refractivity contribution in [3.8, 4) is 17.6 Å². The van der Waals surface area contributed by atoms with Gasteiger partial charge < -0.3 is 14.6 Å². The Labute approximate surface area is 199 Å². The van der Waals surface area contributed by atoms with Gasteiger partial charge in [0.2, 0.25) is 0 Å². The summed E-state index contributed by atoms with van der Waals surface area (Å²) >= 11 is 4.58. The van der Waals surface area contributed by atoms with Crippen molar-refractivity contribution in [3.63, 3.8) is 0 Å². The van der Waals surface area contributed by atoms with Crippen LogP contribution < -0.4 is 4.74 Å². The van der Waals surface area contributed by atoms with Gasteiger partial charge in [-0.15, -0.1) is 0 Å². The van der Waals surface area contributed by atoms with Crippen LogP contribution in [0.1, 0.15) is 25.0 Å². The lowest BCUT2D eigenvalue weighted by molar-refractivity contribution is -0.149. The number of rotatable bonds is 8. The van der Waals surface area contributed by atoms with Crippen LogP contribution in [0.3, 0.4) is 0 Å². The molecule has 0 aliphatic rings. The molecule has 0 aromatic heterocycles. The normalized spacial score (nSPS) is 12.1. The lowest BCUT2D eigenvalue weighted by Gasteiger charge is -2.12. The Bertz CT molecular complexity index is 904. The molecule has 29 heavy (non-hydrogen) atoms. The third-order valence-electron chi connectivity index (χ3n) is 3.89. The highest BCUT2D eigenvalue weighted by Gasteiger charge is 2.17. The Kier molecular flexibility index (Phi) is 9.97. The summed E-state index contributed by atoms with van der Waals surface area (Å²) in [4.78, 5) is 11.2. The van der Waals surface area contributed by atoms with E-state index in [2.05, 4.69) is 75.2 Å². The van der Waals surface area contributed by atoms with Crippen LogP contribution in [0, 0.1) is 19.0 Å². The molecule has 0 saturated carbocycles. The van der Waals surface area contributed by atoms with Crippen LogP contribution in [0.2, 0.25) is 0 Å². The molecule has 0 fully saturated rings. The molecular formula is C23H22I2O4. The summed E-state index contributed by atoms with van der Waals surface area (Å²) in [5, 5.41) is 9.16. The molecule has 0 aliphatic carbocycles. The average molecular weight is 616 g/mol. The van der Waals surface area contributed by atoms with E-state index in [0.717, 1.165) is 22.4 Å². The predicted molar refractivity (Wildman–Crippen MR) is 131 cm³/mol. The van der Waals surface area contributed by atoms with Gasteiger partial charge in [-0.1, -0.05) is 24.0 Å². The maximum Gasteiger partial charge on any atom is 0.333 e. The molecule has 2 aromatic rings. The molecule has 0 amide bonds. The van der Waals surface area contributed by atoms with Crippen molar-refractivity contribution in [1.29, 1.82) is 0 Å². The molecule has 0 spiro atoms. The maximum atomic E-state index is 11.2. The van der Waals surface area contributed by atoms with Crippen molar-refractivity contribution in [3.05, 3.63) is 72.4 Å². The average Bonchev–Trinajstić information content (AvgIpc) is 2.66. The first-order valence-electron chi connectivity index (χ1n) is 9.08. The molecule has 2 aromatic carbocycles. The monoisotopic (exact) mass is 616 g/mol. The molecule has 0 heterocycles. The second kappa shape index (κ2) is 12.2. The molecule has 2 rings (SSSR count). The number of halogens is 2. The van der Waals surface area contributed by atoms with E-state index in [1.54, 1.807) is 6.92 Å². The van der Waals surface area contributed by atoms with E-state index in [1.807, 2.05) is 37.3 Å². The third kappa shape index (κ3) is 8.76. The highest BCUT2D eigenvalue weighted by atomic mass is 127. The fraction of sp³-hybridized carbons (Fsp3) is 0.261. The molecule has 4 nitrogen and oxygen atoms in total. The number of benzene rings is 2. The Morgan fingerprint density at radius 3 is 2.41 bits per heavy atom. The highest BCUT2D eigenvalue weighted by Crippen LogP contribution is 2.15. The van der Waals surface area contributed by atoms with Gasteiger partial charge in [0.25, 0.3) is 0 Å². The predicted octanol–water partition coefficient (Wildman–Crippen LogP) is 5.30. The molecule has 152 valence electrons. The van der Waals surface area contributed by atoms with Gasteiger partial charge in [0.1, 0.15) is 12.4 Å². The third-order valence-corrected chi connectivity index (χ3v) is 5.14. The number of ether oxygens (including phenoxy) is 2. The number of aliphatic carboxylic acids is 1. The maximum absolute atomic E-state index is 11.2. The van der Waals surface area contributed by atoms with E-state index in [0.29, 0.717) is 19.6 Å². The highest BCUT2D eigenvalue weighted by molar-refractivity contribution is 14.1. The zero-order chi connectivity index (χ0) is 21.2. The quantitative estimate of drug-likeness (QED) is 0.323. The van der Waals surface area contributed by atoms with Crippen molar-refractivity contribution in [1.82, 2.24) is 0 Å². The van der Waals surface area contributed by atoms with E-state index in [1.165, 1.54) is 7.14 Å². The summed E-state index contributed by atoms with van der Waals surface area (Å²) in [7, 11) is 0. The summed E-state index contributed by atoms with van der Waals surface area (Å²) in [5.74, 6) is 6.10. The van der Waals surface area contributed by atoms with Crippen molar-refractivity contribution >= 4 is 51.2 Å². The van der Waals surface area contributed by atoms with Crippen molar-refractivity contribution in [2.45, 2.75) is 26.4 Å². The number of carbonyl (C=O) groups is 1. The van der Waals surface area contributed by atoms with E-state index in [9.17, 15) is 4.79 Å². The standard InChI is InChI=1S/C23H22I2O4/c1-3-28-22(23(26)27)14-17-6-8-21(9-7-17)29-11-10-16(2)4-5-18-12-19(24)15-20(25)13-18/h6-10,12-13,15,22H,3,11,14H2,1-2H3,(H,26,27). The van der Waals surface area contributed by atoms with Crippen LogP contribution in [-0.2, 0) is 16.0 Å². The van der Waals surface area contributed by atoms with E-state index in [4.69, 9.17) is 14.6 Å². The molecular weight excluding hydrogens is 594 g/mol. The molecule has 1 unspecified atom stereocenters. The van der Waals surface area contributed by atoms with E-state index < -0.39 is 12.1 Å². The van der Waals surface area contributed by atoms with Gasteiger partial charge in [-0.2, -0.15) is 0 Å². The fourth-order valence-electron chi connectivity index (χ4n) is 2.47. The Hall–Kier alpha value is -1.57. The minimum atomic E-state index is -0.950. The minimum absolute atomic E-state index is 0.329. The number of carboxylic acid groups (broad SMARTS) is 1. The van der Waals surface area contributed by atoms with Crippen LogP contribution in [0.15, 0.2) is 54.1 Å². The molecule has 1 atom stereocenters. The van der Waals surface area contributed by atoms with Gasteiger partial charge in [-0.25, -0.2) is 4.79 Å². The summed E-state index contributed by atoms with van der Waals surface area (Å²) < 4.78 is 13.3. The van der Waals surface area contributed by atoms with Crippen LogP contribution >= 0.6 is 45.2 Å². The minimum Gasteiger partial charge on any atom is -0.490 e. The zero-order valence-corrected chi connectivity index (χ0v) is 20.6. The van der Waals surface area contributed by atoms with Gasteiger partial charge in [0.15, 0.2) is 6.10 Å². The largest absolute Gasteiger partial charge is 0.490 e. The second-order valence-corrected chi connectivity index (χ2v) is 8.73. The SMILES string of the molecule is CCOC(Cc1ccc(OCC=C(C)C#Cc2cc(I)cc(I)c2)cc1)C(=O)O. The van der Waals surface area contributed by atoms with Crippen LogP contribution in [-0.4, -0.2) is 30.4 Å². The van der Waals surface area contributed by atoms with Crippen LogP contribution in [0.25, 0.3) is 0 Å². The summed E-state index contributed by atoms with van der Waals surface area (Å²) in [6.07, 6.45) is 1.44. The Morgan fingerprint density at radius 2 is 1.83 bits per heavy atom. The van der Waals surface area contributed by atoms with Gasteiger partial charge >= 0.3 is 5.97 Å². The molecule has 0 bridgehead atoms. The van der Waals surface area contributed by atoms with Gasteiger partial charge in [0.05, 0.1) is 0 Å². The van der Waals surface area contributed by atoms with Crippen molar-refractivity contribution < 1.29 is 19.4 Å². The first-order chi connectivity index (χ1) is 13.9. The molecule has 0 saturated heterocycles. The van der Waals surface area contributed by atoms with Crippen molar-refractivity contribution in [2.24, 2.45) is 0 Å². The topological polar surface area (TPSA) is 55.8 Å². The summed E-state index contributed by atoms with van der Waals surface area (Å²) in [6, 6.07) is 13.6. The first kappa shape index (κ1) is 23.7. The summed E-state index contributed by atoms with van der Waals surface area (Å²) in [6.45, 7) is 4.53. The number of hydrogen-bond donors (Lipinski definition) is 1. The van der Waals surface area contributed by atoms with E-state index in [-0.39, 0.29) is 0 Å². The van der Waals surface area contributed by atoms with Gasteiger partial charge in [0, 0.05) is 25.7 Å². The molecule has 1 N–H and O–H groups in total. The van der Waals surface area contributed by atoms with Gasteiger partial charge in [-0.3, -0.25) is 0 Å².